The number of nitrogens with one attached hydrogen (secondary N) is 1. The zero-order chi connectivity index (χ0) is 13.9. The van der Waals surface area contributed by atoms with Crippen molar-refractivity contribution in [3.8, 4) is 0 Å². The summed E-state index contributed by atoms with van der Waals surface area (Å²) in [6, 6.07) is 18.6. The van der Waals surface area contributed by atoms with Crippen LogP contribution in [0.3, 0.4) is 0 Å². The van der Waals surface area contributed by atoms with Gasteiger partial charge < -0.3 is 10.1 Å². The monoisotopic (exact) mass is 283 g/mol. The summed E-state index contributed by atoms with van der Waals surface area (Å²) in [5.41, 5.74) is 2.14. The van der Waals surface area contributed by atoms with Gasteiger partial charge in [-0.05, 0) is 36.2 Å². The van der Waals surface area contributed by atoms with Crippen LogP contribution in [0, 0.1) is 0 Å². The molecule has 2 N–H and O–H groups in total. The van der Waals surface area contributed by atoms with Crippen molar-refractivity contribution in [2.45, 2.75) is 29.4 Å². The van der Waals surface area contributed by atoms with Crippen molar-refractivity contribution >= 4 is 22.7 Å². The van der Waals surface area contributed by atoms with Crippen LogP contribution in [0.4, 0.5) is 0 Å². The Labute approximate surface area is 122 Å². The van der Waals surface area contributed by atoms with Crippen molar-refractivity contribution in [3.05, 3.63) is 60.2 Å². The molecule has 2 aromatic carbocycles. The second kappa shape index (κ2) is 5.73. The van der Waals surface area contributed by atoms with Crippen molar-refractivity contribution in [1.82, 2.24) is 4.98 Å². The molecule has 1 aromatic heterocycles. The van der Waals surface area contributed by atoms with Gasteiger partial charge in [0.2, 0.25) is 0 Å². The highest BCUT2D eigenvalue weighted by atomic mass is 32.2. The quantitative estimate of drug-likeness (QED) is 0.724. The smallest absolute Gasteiger partial charge is 0.0787 e. The van der Waals surface area contributed by atoms with Gasteiger partial charge in [-0.1, -0.05) is 49.0 Å². The minimum Gasteiger partial charge on any atom is -0.388 e. The molecule has 1 heterocycles. The SMILES string of the molecule is CC[C@H](O)c1ccc(Sc2cc3ccccc3[nH]2)cc1. The summed E-state index contributed by atoms with van der Waals surface area (Å²) in [6.07, 6.45) is 0.385. The Morgan fingerprint density at radius 1 is 1.10 bits per heavy atom. The van der Waals surface area contributed by atoms with Crippen LogP contribution in [-0.4, -0.2) is 10.1 Å². The molecule has 0 saturated carbocycles. The summed E-state index contributed by atoms with van der Waals surface area (Å²) in [6.45, 7) is 1.98. The van der Waals surface area contributed by atoms with E-state index in [1.54, 1.807) is 11.8 Å². The van der Waals surface area contributed by atoms with Gasteiger partial charge in [0.25, 0.3) is 0 Å². The van der Waals surface area contributed by atoms with Crippen LogP contribution in [0.25, 0.3) is 10.9 Å². The Hall–Kier alpha value is -1.71. The maximum atomic E-state index is 9.79. The molecule has 3 aromatic rings. The number of rotatable bonds is 4. The predicted octanol–water partition coefficient (Wildman–Crippen LogP) is 4.76. The molecule has 0 aliphatic heterocycles. The number of aromatic nitrogens is 1. The number of hydrogen-bond donors (Lipinski definition) is 2. The van der Waals surface area contributed by atoms with E-state index in [0.29, 0.717) is 0 Å². The molecule has 102 valence electrons. The molecule has 0 unspecified atom stereocenters. The molecule has 0 bridgehead atoms. The van der Waals surface area contributed by atoms with Gasteiger partial charge in [-0.3, -0.25) is 0 Å². The average Bonchev–Trinajstić information content (AvgIpc) is 2.89. The average molecular weight is 283 g/mol. The zero-order valence-corrected chi connectivity index (χ0v) is 12.2. The lowest BCUT2D eigenvalue weighted by Gasteiger charge is -2.08. The van der Waals surface area contributed by atoms with Crippen molar-refractivity contribution < 1.29 is 5.11 Å². The summed E-state index contributed by atoms with van der Waals surface area (Å²) in [7, 11) is 0. The fourth-order valence-corrected chi connectivity index (χ4v) is 3.10. The van der Waals surface area contributed by atoms with E-state index in [4.69, 9.17) is 0 Å². The normalized spacial score (nSPS) is 12.7. The van der Waals surface area contributed by atoms with Crippen LogP contribution >= 0.6 is 11.8 Å². The van der Waals surface area contributed by atoms with Gasteiger partial charge in [-0.15, -0.1) is 0 Å². The van der Waals surface area contributed by atoms with Crippen LogP contribution in [0.5, 0.6) is 0 Å². The van der Waals surface area contributed by atoms with Crippen LogP contribution in [-0.2, 0) is 0 Å². The topological polar surface area (TPSA) is 36.0 Å². The minimum atomic E-state index is -0.359. The van der Waals surface area contributed by atoms with Gasteiger partial charge in [-0.2, -0.15) is 0 Å². The molecule has 0 saturated heterocycles. The third kappa shape index (κ3) is 2.74. The summed E-state index contributed by atoms with van der Waals surface area (Å²) in [5.74, 6) is 0. The van der Waals surface area contributed by atoms with Gasteiger partial charge in [0.1, 0.15) is 0 Å². The van der Waals surface area contributed by atoms with Gasteiger partial charge in [-0.25, -0.2) is 0 Å². The number of aromatic amines is 1. The number of aliphatic hydroxyl groups is 1. The molecule has 0 aliphatic rings. The largest absolute Gasteiger partial charge is 0.388 e. The Bertz CT molecular complexity index is 669. The number of benzene rings is 2. The minimum absolute atomic E-state index is 0.359. The molecule has 3 heteroatoms. The number of para-hydroxylation sites is 1. The Kier molecular flexibility index (Phi) is 3.81. The highest BCUT2D eigenvalue weighted by molar-refractivity contribution is 7.99. The molecule has 0 fully saturated rings. The van der Waals surface area contributed by atoms with E-state index in [9.17, 15) is 5.11 Å². The van der Waals surface area contributed by atoms with Crippen molar-refractivity contribution in [2.24, 2.45) is 0 Å². The van der Waals surface area contributed by atoms with Crippen molar-refractivity contribution in [1.29, 1.82) is 0 Å². The third-order valence-electron chi connectivity index (χ3n) is 3.38. The van der Waals surface area contributed by atoms with Gasteiger partial charge in [0.15, 0.2) is 0 Å². The maximum Gasteiger partial charge on any atom is 0.0787 e. The number of H-pyrrole nitrogens is 1. The summed E-state index contributed by atoms with van der Waals surface area (Å²) >= 11 is 1.70. The van der Waals surface area contributed by atoms with Gasteiger partial charge in [0.05, 0.1) is 11.1 Å². The first kappa shape index (κ1) is 13.3. The summed E-state index contributed by atoms with van der Waals surface area (Å²) in [5, 5.41) is 12.2. The first-order chi connectivity index (χ1) is 9.76. The molecular weight excluding hydrogens is 266 g/mol. The molecule has 2 nitrogen and oxygen atoms in total. The van der Waals surface area contributed by atoms with E-state index in [0.717, 1.165) is 22.5 Å². The molecule has 3 rings (SSSR count). The fourth-order valence-electron chi connectivity index (χ4n) is 2.22. The first-order valence-electron chi connectivity index (χ1n) is 6.80. The Morgan fingerprint density at radius 3 is 2.55 bits per heavy atom. The van der Waals surface area contributed by atoms with Crippen LogP contribution < -0.4 is 0 Å². The van der Waals surface area contributed by atoms with E-state index < -0.39 is 0 Å². The van der Waals surface area contributed by atoms with Crippen LogP contribution in [0.1, 0.15) is 25.0 Å². The van der Waals surface area contributed by atoms with E-state index in [1.165, 1.54) is 10.3 Å². The number of hydrogen-bond acceptors (Lipinski definition) is 2. The molecular formula is C17H17NOS. The molecule has 0 amide bonds. The zero-order valence-electron chi connectivity index (χ0n) is 11.3. The van der Waals surface area contributed by atoms with E-state index in [2.05, 4.69) is 35.3 Å². The molecule has 20 heavy (non-hydrogen) atoms. The Balaban J connectivity index is 1.80. The fraction of sp³-hybridized carbons (Fsp3) is 0.176. The standard InChI is InChI=1S/C17H17NOS/c1-2-16(19)12-7-9-14(10-8-12)20-17-11-13-5-3-4-6-15(13)18-17/h3-11,16,18-19H,2H2,1H3/t16-/m0/s1. The first-order valence-corrected chi connectivity index (χ1v) is 7.61. The predicted molar refractivity (Wildman–Crippen MR) is 84.1 cm³/mol. The molecule has 1 atom stereocenters. The molecule has 0 spiro atoms. The number of aliphatic hydroxyl groups excluding tert-OH is 1. The van der Waals surface area contributed by atoms with Gasteiger partial charge >= 0.3 is 0 Å². The highest BCUT2D eigenvalue weighted by Crippen LogP contribution is 2.30. The van der Waals surface area contributed by atoms with E-state index in [1.807, 2.05) is 31.2 Å². The van der Waals surface area contributed by atoms with Crippen molar-refractivity contribution in [3.63, 3.8) is 0 Å². The maximum absolute atomic E-state index is 9.79. The third-order valence-corrected chi connectivity index (χ3v) is 4.33. The van der Waals surface area contributed by atoms with Crippen molar-refractivity contribution in [2.75, 3.05) is 0 Å². The van der Waals surface area contributed by atoms with Crippen LogP contribution in [0.2, 0.25) is 0 Å². The Morgan fingerprint density at radius 2 is 1.85 bits per heavy atom. The van der Waals surface area contributed by atoms with E-state index >= 15 is 0 Å². The van der Waals surface area contributed by atoms with Crippen LogP contribution in [0.15, 0.2) is 64.5 Å². The number of fused-ring (bicyclic) bond motifs is 1. The van der Waals surface area contributed by atoms with E-state index in [-0.39, 0.29) is 6.10 Å². The highest BCUT2D eigenvalue weighted by Gasteiger charge is 2.06. The molecule has 0 aliphatic carbocycles. The second-order valence-electron chi connectivity index (χ2n) is 4.82. The second-order valence-corrected chi connectivity index (χ2v) is 5.93. The van der Waals surface area contributed by atoms with Gasteiger partial charge in [0, 0.05) is 15.8 Å². The summed E-state index contributed by atoms with van der Waals surface area (Å²) in [4.78, 5) is 4.58. The lowest BCUT2D eigenvalue weighted by atomic mass is 10.1. The molecule has 0 radical (unpaired) electrons. The lowest BCUT2D eigenvalue weighted by Crippen LogP contribution is -1.93. The summed E-state index contributed by atoms with van der Waals surface area (Å²) < 4.78 is 0. The lowest BCUT2D eigenvalue weighted by molar-refractivity contribution is 0.173.